The van der Waals surface area contributed by atoms with Crippen LogP contribution in [-0.2, 0) is 30.7 Å². The normalized spacial score (nSPS) is 17.3. The fraction of sp³-hybridized carbons (Fsp3) is 0.333. The first-order valence-electron chi connectivity index (χ1n) is 12.6. The molecule has 0 unspecified atom stereocenters. The highest BCUT2D eigenvalue weighted by Gasteiger charge is 2.51. The smallest absolute Gasteiger partial charge is 0.399 e. The SMILES string of the molecule is CC(C(=O)N[C@H](Cc1ccc(B2OC(C)(C)C(C)(C)O2)cc1)C(N)=O)(c1ccccc1)c1ccccc1. The van der Waals surface area contributed by atoms with E-state index in [1.54, 1.807) is 0 Å². The predicted octanol–water partition coefficient (Wildman–Crippen LogP) is 3.50. The van der Waals surface area contributed by atoms with Crippen molar-refractivity contribution in [3.05, 3.63) is 102 Å². The molecule has 7 heteroatoms. The third-order valence-electron chi connectivity index (χ3n) is 7.75. The van der Waals surface area contributed by atoms with Crippen LogP contribution in [0.25, 0.3) is 0 Å². The maximum absolute atomic E-state index is 13.8. The average Bonchev–Trinajstić information content (AvgIpc) is 3.10. The lowest BCUT2D eigenvalue weighted by Crippen LogP contribution is -2.52. The first-order valence-corrected chi connectivity index (χ1v) is 12.6. The van der Waals surface area contributed by atoms with Gasteiger partial charge in [-0.05, 0) is 56.8 Å². The zero-order valence-electron chi connectivity index (χ0n) is 22.2. The van der Waals surface area contributed by atoms with Crippen LogP contribution >= 0.6 is 0 Å². The van der Waals surface area contributed by atoms with Gasteiger partial charge in [-0.25, -0.2) is 0 Å². The van der Waals surface area contributed by atoms with Gasteiger partial charge in [0.15, 0.2) is 0 Å². The van der Waals surface area contributed by atoms with Crippen molar-refractivity contribution in [3.63, 3.8) is 0 Å². The summed E-state index contributed by atoms with van der Waals surface area (Å²) in [5.74, 6) is -0.880. The van der Waals surface area contributed by atoms with E-state index in [1.165, 1.54) is 0 Å². The van der Waals surface area contributed by atoms with Crippen LogP contribution < -0.4 is 16.5 Å². The van der Waals surface area contributed by atoms with Crippen molar-refractivity contribution in [2.24, 2.45) is 5.73 Å². The third kappa shape index (κ3) is 5.34. The van der Waals surface area contributed by atoms with E-state index in [-0.39, 0.29) is 12.3 Å². The molecule has 2 amide bonds. The van der Waals surface area contributed by atoms with Gasteiger partial charge in [-0.15, -0.1) is 0 Å². The van der Waals surface area contributed by atoms with Gasteiger partial charge in [0.1, 0.15) is 6.04 Å². The van der Waals surface area contributed by atoms with Crippen LogP contribution in [0.5, 0.6) is 0 Å². The Morgan fingerprint density at radius 2 is 1.30 bits per heavy atom. The molecule has 1 saturated heterocycles. The molecule has 0 aliphatic carbocycles. The summed E-state index contributed by atoms with van der Waals surface area (Å²) in [5.41, 5.74) is 7.30. The number of hydrogen-bond donors (Lipinski definition) is 2. The minimum absolute atomic E-state index is 0.268. The summed E-state index contributed by atoms with van der Waals surface area (Å²) in [5, 5.41) is 2.93. The minimum atomic E-state index is -1.00. The van der Waals surface area contributed by atoms with Crippen LogP contribution in [-0.4, -0.2) is 36.2 Å². The largest absolute Gasteiger partial charge is 0.494 e. The van der Waals surface area contributed by atoms with E-state index in [0.717, 1.165) is 22.2 Å². The zero-order valence-corrected chi connectivity index (χ0v) is 22.2. The molecule has 1 fully saturated rings. The first kappa shape index (κ1) is 26.6. The highest BCUT2D eigenvalue weighted by molar-refractivity contribution is 6.62. The minimum Gasteiger partial charge on any atom is -0.399 e. The zero-order chi connectivity index (χ0) is 26.8. The molecule has 1 aliphatic heterocycles. The molecule has 1 atom stereocenters. The molecule has 4 rings (SSSR count). The van der Waals surface area contributed by atoms with Gasteiger partial charge in [0.05, 0.1) is 16.6 Å². The molecular weight excluding hydrogens is 463 g/mol. The number of hydrogen-bond acceptors (Lipinski definition) is 4. The van der Waals surface area contributed by atoms with Crippen LogP contribution in [0.4, 0.5) is 0 Å². The number of nitrogens with two attached hydrogens (primary N) is 1. The van der Waals surface area contributed by atoms with Crippen molar-refractivity contribution in [2.45, 2.75) is 63.7 Å². The van der Waals surface area contributed by atoms with Gasteiger partial charge < -0.3 is 20.4 Å². The Morgan fingerprint density at radius 1 is 0.838 bits per heavy atom. The van der Waals surface area contributed by atoms with Crippen LogP contribution in [0, 0.1) is 0 Å². The van der Waals surface area contributed by atoms with Gasteiger partial charge in [0, 0.05) is 6.42 Å². The summed E-state index contributed by atoms with van der Waals surface area (Å²) in [6.45, 7) is 9.92. The number of nitrogens with one attached hydrogen (secondary N) is 1. The number of carbonyl (C=O) groups is 2. The number of amides is 2. The maximum atomic E-state index is 13.8. The van der Waals surface area contributed by atoms with Crippen LogP contribution in [0.3, 0.4) is 0 Å². The predicted molar refractivity (Wildman–Crippen MR) is 146 cm³/mol. The fourth-order valence-corrected chi connectivity index (χ4v) is 4.52. The average molecular weight is 498 g/mol. The summed E-state index contributed by atoms with van der Waals surface area (Å²) in [4.78, 5) is 26.2. The van der Waals surface area contributed by atoms with Crippen molar-refractivity contribution >= 4 is 24.4 Å². The lowest BCUT2D eigenvalue weighted by atomic mass is 9.75. The molecule has 192 valence electrons. The van der Waals surface area contributed by atoms with E-state index in [0.29, 0.717) is 0 Å². The second kappa shape index (κ2) is 10.2. The molecule has 1 heterocycles. The number of rotatable bonds is 8. The molecule has 0 saturated carbocycles. The number of carbonyl (C=O) groups excluding carboxylic acids is 2. The van der Waals surface area contributed by atoms with Crippen molar-refractivity contribution in [3.8, 4) is 0 Å². The highest BCUT2D eigenvalue weighted by Crippen LogP contribution is 2.36. The summed E-state index contributed by atoms with van der Waals surface area (Å²) >= 11 is 0. The van der Waals surface area contributed by atoms with E-state index in [2.05, 4.69) is 5.32 Å². The fourth-order valence-electron chi connectivity index (χ4n) is 4.52. The standard InChI is InChI=1S/C30H35BN2O4/c1-28(2)29(3,4)37-31(36-28)24-18-16-21(17-19-24)20-25(26(32)34)33-27(35)30(5,22-12-8-6-9-13-22)23-14-10-7-11-15-23/h6-19,25H,20H2,1-5H3,(H2,32,34)(H,33,35)/t25-/m1/s1. The molecule has 0 bridgehead atoms. The van der Waals surface area contributed by atoms with Crippen molar-refractivity contribution < 1.29 is 18.9 Å². The summed E-state index contributed by atoms with van der Waals surface area (Å²) < 4.78 is 12.3. The molecule has 0 radical (unpaired) electrons. The van der Waals surface area contributed by atoms with Gasteiger partial charge in [0.25, 0.3) is 0 Å². The molecule has 3 N–H and O–H groups in total. The van der Waals surface area contributed by atoms with Crippen LogP contribution in [0.15, 0.2) is 84.9 Å². The van der Waals surface area contributed by atoms with Gasteiger partial charge in [-0.1, -0.05) is 84.9 Å². The van der Waals surface area contributed by atoms with Crippen LogP contribution in [0.1, 0.15) is 51.3 Å². The van der Waals surface area contributed by atoms with Gasteiger partial charge >= 0.3 is 7.12 Å². The Morgan fingerprint density at radius 3 is 1.73 bits per heavy atom. The van der Waals surface area contributed by atoms with Gasteiger partial charge in [-0.3, -0.25) is 9.59 Å². The molecule has 3 aromatic carbocycles. The summed E-state index contributed by atoms with van der Waals surface area (Å²) in [6.07, 6.45) is 0.268. The molecule has 0 aromatic heterocycles. The quantitative estimate of drug-likeness (QED) is 0.466. The van der Waals surface area contributed by atoms with E-state index in [9.17, 15) is 9.59 Å². The van der Waals surface area contributed by atoms with Gasteiger partial charge in [0.2, 0.25) is 11.8 Å². The summed E-state index contributed by atoms with van der Waals surface area (Å²) in [6, 6.07) is 25.9. The topological polar surface area (TPSA) is 90.7 Å². The van der Waals surface area contributed by atoms with E-state index >= 15 is 0 Å². The van der Waals surface area contributed by atoms with Crippen molar-refractivity contribution in [1.82, 2.24) is 5.32 Å². The van der Waals surface area contributed by atoms with Crippen molar-refractivity contribution in [2.75, 3.05) is 0 Å². The lowest BCUT2D eigenvalue weighted by Gasteiger charge is -2.32. The monoisotopic (exact) mass is 498 g/mol. The molecular formula is C30H35BN2O4. The summed E-state index contributed by atoms with van der Waals surface area (Å²) in [7, 11) is -0.469. The lowest BCUT2D eigenvalue weighted by molar-refractivity contribution is -0.129. The Balaban J connectivity index is 1.53. The van der Waals surface area contributed by atoms with Gasteiger partial charge in [-0.2, -0.15) is 0 Å². The Bertz CT molecular complexity index is 1190. The van der Waals surface area contributed by atoms with E-state index in [1.807, 2.05) is 120 Å². The second-order valence-corrected chi connectivity index (χ2v) is 10.8. The molecule has 37 heavy (non-hydrogen) atoms. The Kier molecular flexibility index (Phi) is 7.31. The molecule has 3 aromatic rings. The first-order chi connectivity index (χ1) is 17.4. The molecule has 0 spiro atoms. The van der Waals surface area contributed by atoms with E-state index in [4.69, 9.17) is 15.0 Å². The molecule has 1 aliphatic rings. The Labute approximate surface area is 219 Å². The van der Waals surface area contributed by atoms with Crippen molar-refractivity contribution in [1.29, 1.82) is 0 Å². The number of benzene rings is 3. The third-order valence-corrected chi connectivity index (χ3v) is 7.75. The highest BCUT2D eigenvalue weighted by atomic mass is 16.7. The molecule has 6 nitrogen and oxygen atoms in total. The van der Waals surface area contributed by atoms with E-state index < -0.39 is 35.7 Å². The maximum Gasteiger partial charge on any atom is 0.494 e. The Hall–Kier alpha value is -3.42. The second-order valence-electron chi connectivity index (χ2n) is 10.8. The van der Waals surface area contributed by atoms with Crippen LogP contribution in [0.2, 0.25) is 0 Å². The number of primary amides is 1.